The Morgan fingerprint density at radius 2 is 1.90 bits per heavy atom. The van der Waals surface area contributed by atoms with E-state index in [1.807, 2.05) is 6.20 Å². The third-order valence-corrected chi connectivity index (χ3v) is 4.74. The molecule has 1 unspecified atom stereocenters. The van der Waals surface area contributed by atoms with Gasteiger partial charge in [0.2, 0.25) is 0 Å². The highest BCUT2D eigenvalue weighted by Gasteiger charge is 2.33. The number of halogens is 1. The second-order valence-electron chi connectivity index (χ2n) is 6.00. The molecule has 0 radical (unpaired) electrons. The molecule has 0 bridgehead atoms. The van der Waals surface area contributed by atoms with E-state index in [-0.39, 0.29) is 5.54 Å². The molecule has 1 N–H and O–H groups in total. The molecular formula is C17H30BrN3. The van der Waals surface area contributed by atoms with Crippen LogP contribution in [0.2, 0.25) is 0 Å². The van der Waals surface area contributed by atoms with Gasteiger partial charge in [-0.3, -0.25) is 9.88 Å². The van der Waals surface area contributed by atoms with E-state index in [0.717, 1.165) is 42.6 Å². The number of nitrogens with zero attached hydrogens (tertiary/aromatic N) is 2. The Bertz CT molecular complexity index is 399. The molecule has 0 spiro atoms. The molecule has 21 heavy (non-hydrogen) atoms. The Hall–Kier alpha value is -0.450. The van der Waals surface area contributed by atoms with Crippen LogP contribution in [0.3, 0.4) is 0 Å². The van der Waals surface area contributed by atoms with Crippen molar-refractivity contribution in [2.24, 2.45) is 0 Å². The van der Waals surface area contributed by atoms with Crippen LogP contribution in [-0.2, 0) is 6.42 Å². The molecular weight excluding hydrogens is 326 g/mol. The van der Waals surface area contributed by atoms with Crippen LogP contribution >= 0.6 is 15.9 Å². The zero-order valence-electron chi connectivity index (χ0n) is 14.1. The van der Waals surface area contributed by atoms with Crippen LogP contribution in [0.15, 0.2) is 22.8 Å². The zero-order valence-corrected chi connectivity index (χ0v) is 15.7. The van der Waals surface area contributed by atoms with Gasteiger partial charge < -0.3 is 5.32 Å². The van der Waals surface area contributed by atoms with Crippen LogP contribution in [0.5, 0.6) is 0 Å². The summed E-state index contributed by atoms with van der Waals surface area (Å²) in [5, 5.41) is 3.73. The lowest BCUT2D eigenvalue weighted by Gasteiger charge is -2.44. The van der Waals surface area contributed by atoms with Crippen molar-refractivity contribution in [3.63, 3.8) is 0 Å². The van der Waals surface area contributed by atoms with Gasteiger partial charge >= 0.3 is 0 Å². The van der Waals surface area contributed by atoms with Crippen molar-refractivity contribution >= 4 is 15.9 Å². The number of hydrogen-bond donors (Lipinski definition) is 1. The fourth-order valence-corrected chi connectivity index (χ4v) is 3.12. The minimum atomic E-state index is 0.105. The summed E-state index contributed by atoms with van der Waals surface area (Å²) >= 11 is 3.45. The van der Waals surface area contributed by atoms with E-state index in [0.29, 0.717) is 6.04 Å². The van der Waals surface area contributed by atoms with Gasteiger partial charge in [-0.2, -0.15) is 0 Å². The lowest BCUT2D eigenvalue weighted by Crippen LogP contribution is -2.58. The molecule has 0 saturated heterocycles. The lowest BCUT2D eigenvalue weighted by atomic mass is 9.88. The summed E-state index contributed by atoms with van der Waals surface area (Å²) < 4.78 is 1.03. The van der Waals surface area contributed by atoms with E-state index in [4.69, 9.17) is 0 Å². The molecule has 0 saturated carbocycles. The van der Waals surface area contributed by atoms with Gasteiger partial charge in [-0.15, -0.1) is 0 Å². The predicted octanol–water partition coefficient (Wildman–Crippen LogP) is 3.88. The molecule has 1 heterocycles. The Balaban J connectivity index is 2.90. The third kappa shape index (κ3) is 5.35. The molecule has 0 fully saturated rings. The van der Waals surface area contributed by atoms with Crippen LogP contribution in [0.25, 0.3) is 0 Å². The molecule has 1 atom stereocenters. The van der Waals surface area contributed by atoms with Crippen molar-refractivity contribution in [2.75, 3.05) is 19.6 Å². The maximum absolute atomic E-state index is 4.55. The van der Waals surface area contributed by atoms with Crippen molar-refractivity contribution in [3.05, 3.63) is 28.5 Å². The summed E-state index contributed by atoms with van der Waals surface area (Å²) in [5.41, 5.74) is 1.25. The smallest absolute Gasteiger partial charge is 0.0420 e. The van der Waals surface area contributed by atoms with E-state index in [9.17, 15) is 0 Å². The van der Waals surface area contributed by atoms with Gasteiger partial charge in [-0.25, -0.2) is 0 Å². The van der Waals surface area contributed by atoms with Gasteiger partial charge in [0.1, 0.15) is 0 Å². The van der Waals surface area contributed by atoms with Gasteiger partial charge in [-0.05, 0) is 68.0 Å². The fourth-order valence-electron chi connectivity index (χ4n) is 2.89. The van der Waals surface area contributed by atoms with E-state index in [1.54, 1.807) is 0 Å². The topological polar surface area (TPSA) is 28.2 Å². The Morgan fingerprint density at radius 1 is 1.24 bits per heavy atom. The summed E-state index contributed by atoms with van der Waals surface area (Å²) in [7, 11) is 0. The first-order valence-corrected chi connectivity index (χ1v) is 8.83. The average Bonchev–Trinajstić information content (AvgIpc) is 2.46. The molecule has 0 aliphatic rings. The summed E-state index contributed by atoms with van der Waals surface area (Å²) in [4.78, 5) is 7.07. The molecule has 0 aliphatic carbocycles. The van der Waals surface area contributed by atoms with Crippen molar-refractivity contribution in [2.45, 2.75) is 59.0 Å². The highest BCUT2D eigenvalue weighted by molar-refractivity contribution is 9.10. The monoisotopic (exact) mass is 355 g/mol. The third-order valence-electron chi connectivity index (χ3n) is 4.27. The molecule has 1 rings (SSSR count). The number of nitrogens with one attached hydrogen (secondary N) is 1. The Labute approximate surface area is 138 Å². The maximum atomic E-state index is 4.55. The van der Waals surface area contributed by atoms with Gasteiger partial charge in [0.05, 0.1) is 0 Å². The van der Waals surface area contributed by atoms with Crippen molar-refractivity contribution < 1.29 is 0 Å². The SMILES string of the molecule is CCCNC(Cc1ccc(Br)cn1)C(C)(C)N(CC)CC. The predicted molar refractivity (Wildman–Crippen MR) is 94.7 cm³/mol. The first kappa shape index (κ1) is 18.6. The number of pyridine rings is 1. The van der Waals surface area contributed by atoms with Gasteiger partial charge in [0.25, 0.3) is 0 Å². The number of rotatable bonds is 9. The average molecular weight is 356 g/mol. The normalized spacial score (nSPS) is 13.7. The lowest BCUT2D eigenvalue weighted by molar-refractivity contribution is 0.0907. The molecule has 1 aromatic heterocycles. The molecule has 0 aromatic carbocycles. The second kappa shape index (κ2) is 8.86. The number of aromatic nitrogens is 1. The molecule has 120 valence electrons. The van der Waals surface area contributed by atoms with Crippen molar-refractivity contribution in [1.29, 1.82) is 0 Å². The quantitative estimate of drug-likeness (QED) is 0.728. The highest BCUT2D eigenvalue weighted by atomic mass is 79.9. The van der Waals surface area contributed by atoms with Crippen molar-refractivity contribution in [1.82, 2.24) is 15.2 Å². The van der Waals surface area contributed by atoms with Crippen molar-refractivity contribution in [3.8, 4) is 0 Å². The number of likely N-dealkylation sites (N-methyl/N-ethyl adjacent to an activating group) is 1. The largest absolute Gasteiger partial charge is 0.312 e. The Kier molecular flexibility index (Phi) is 7.85. The number of hydrogen-bond acceptors (Lipinski definition) is 3. The van der Waals surface area contributed by atoms with E-state index >= 15 is 0 Å². The highest BCUT2D eigenvalue weighted by Crippen LogP contribution is 2.22. The molecule has 3 nitrogen and oxygen atoms in total. The first-order chi connectivity index (χ1) is 9.95. The fraction of sp³-hybridized carbons (Fsp3) is 0.706. The van der Waals surface area contributed by atoms with Gasteiger partial charge in [0.15, 0.2) is 0 Å². The van der Waals surface area contributed by atoms with Crippen LogP contribution in [0.1, 0.15) is 46.7 Å². The van der Waals surface area contributed by atoms with E-state index in [1.165, 1.54) is 0 Å². The summed E-state index contributed by atoms with van der Waals surface area (Å²) in [6.07, 6.45) is 3.99. The van der Waals surface area contributed by atoms with Crippen LogP contribution in [-0.4, -0.2) is 41.1 Å². The summed E-state index contributed by atoms with van der Waals surface area (Å²) in [5.74, 6) is 0. The zero-order chi connectivity index (χ0) is 15.9. The second-order valence-corrected chi connectivity index (χ2v) is 6.92. The Morgan fingerprint density at radius 3 is 2.38 bits per heavy atom. The van der Waals surface area contributed by atoms with Crippen LogP contribution in [0.4, 0.5) is 0 Å². The summed E-state index contributed by atoms with van der Waals surface area (Å²) in [6, 6.07) is 4.58. The molecule has 0 amide bonds. The van der Waals surface area contributed by atoms with Crippen LogP contribution < -0.4 is 5.32 Å². The minimum absolute atomic E-state index is 0.105. The van der Waals surface area contributed by atoms with E-state index < -0.39 is 0 Å². The first-order valence-electron chi connectivity index (χ1n) is 8.04. The molecule has 4 heteroatoms. The summed E-state index contributed by atoms with van der Waals surface area (Å²) in [6.45, 7) is 14.6. The minimum Gasteiger partial charge on any atom is -0.312 e. The van der Waals surface area contributed by atoms with Gasteiger partial charge in [0, 0.05) is 34.4 Å². The molecule has 0 aliphatic heterocycles. The molecule has 1 aromatic rings. The standard InChI is InChI=1S/C17H30BrN3/c1-6-11-19-16(17(4,5)21(7-2)8-3)12-15-10-9-14(18)13-20-15/h9-10,13,16,19H,6-8,11-12H2,1-5H3. The van der Waals surface area contributed by atoms with E-state index in [2.05, 4.69) is 77.9 Å². The maximum Gasteiger partial charge on any atom is 0.0420 e. The van der Waals surface area contributed by atoms with Crippen LogP contribution in [0, 0.1) is 0 Å². The van der Waals surface area contributed by atoms with Gasteiger partial charge in [-0.1, -0.05) is 20.8 Å².